The molecule has 0 aliphatic carbocycles. The molecule has 0 bridgehead atoms. The highest BCUT2D eigenvalue weighted by Crippen LogP contribution is 2.34. The summed E-state index contributed by atoms with van der Waals surface area (Å²) in [5.74, 6) is 3.43. The van der Waals surface area contributed by atoms with Gasteiger partial charge in [-0.25, -0.2) is 14.6 Å². The first kappa shape index (κ1) is 19.9. The predicted molar refractivity (Wildman–Crippen MR) is 109 cm³/mol. The van der Waals surface area contributed by atoms with E-state index in [1.54, 1.807) is 7.05 Å². The Morgan fingerprint density at radius 2 is 1.96 bits per heavy atom. The molecule has 28 heavy (non-hydrogen) atoms. The third-order valence-corrected chi connectivity index (χ3v) is 5.64. The smallest absolute Gasteiger partial charge is 0.215 e. The number of terminal acetylenes is 1. The van der Waals surface area contributed by atoms with Crippen molar-refractivity contribution in [3.63, 3.8) is 0 Å². The summed E-state index contributed by atoms with van der Waals surface area (Å²) in [5, 5.41) is 22.8. The van der Waals surface area contributed by atoms with E-state index in [0.717, 1.165) is 5.56 Å². The zero-order chi connectivity index (χ0) is 20.1. The van der Waals surface area contributed by atoms with Crippen LogP contribution in [0.15, 0.2) is 39.6 Å². The predicted octanol–water partition coefficient (Wildman–Crippen LogP) is 3.54. The maximum Gasteiger partial charge on any atom is 0.215 e. The Labute approximate surface area is 172 Å². The molecular formula is C19H17N7S2. The number of aromatic nitrogens is 6. The molecule has 0 radical (unpaired) electrons. The van der Waals surface area contributed by atoms with Crippen molar-refractivity contribution in [3.05, 3.63) is 35.4 Å². The van der Waals surface area contributed by atoms with Crippen LogP contribution in [0, 0.1) is 23.7 Å². The van der Waals surface area contributed by atoms with E-state index in [1.807, 2.05) is 12.1 Å². The number of nitriles is 1. The summed E-state index contributed by atoms with van der Waals surface area (Å²) >= 11 is 2.57. The normalized spacial score (nSPS) is 10.6. The van der Waals surface area contributed by atoms with Gasteiger partial charge in [0.15, 0.2) is 5.16 Å². The van der Waals surface area contributed by atoms with Crippen molar-refractivity contribution in [1.82, 2.24) is 30.2 Å². The van der Waals surface area contributed by atoms with Crippen molar-refractivity contribution >= 4 is 23.5 Å². The Bertz CT molecular complexity index is 1060. The van der Waals surface area contributed by atoms with Gasteiger partial charge >= 0.3 is 0 Å². The molecular weight excluding hydrogens is 390 g/mol. The van der Waals surface area contributed by atoms with Crippen LogP contribution in [-0.2, 0) is 7.05 Å². The number of rotatable bonds is 6. The number of nitrogens with zero attached hydrogens (tertiary/aromatic N) is 7. The molecule has 0 spiro atoms. The van der Waals surface area contributed by atoms with Crippen molar-refractivity contribution in [1.29, 1.82) is 5.26 Å². The minimum Gasteiger partial charge on any atom is -0.223 e. The molecule has 7 nitrogen and oxygen atoms in total. The first-order chi connectivity index (χ1) is 13.5. The highest BCUT2D eigenvalue weighted by atomic mass is 32.2. The van der Waals surface area contributed by atoms with E-state index in [0.29, 0.717) is 38.3 Å². The monoisotopic (exact) mass is 407 g/mol. The number of thioether (sulfide) groups is 1. The van der Waals surface area contributed by atoms with Gasteiger partial charge < -0.3 is 0 Å². The number of hydrogen-bond donors (Lipinski definition) is 0. The topological polar surface area (TPSA) is 93.2 Å². The second-order valence-electron chi connectivity index (χ2n) is 6.10. The first-order valence-corrected chi connectivity index (χ1v) is 10.2. The van der Waals surface area contributed by atoms with Gasteiger partial charge in [0.2, 0.25) is 5.16 Å². The van der Waals surface area contributed by atoms with Gasteiger partial charge in [-0.05, 0) is 33.7 Å². The molecule has 0 aliphatic heterocycles. The average molecular weight is 408 g/mol. The molecule has 0 amide bonds. The summed E-state index contributed by atoms with van der Waals surface area (Å²) in [4.78, 5) is 9.12. The third-order valence-electron chi connectivity index (χ3n) is 3.87. The molecule has 9 heteroatoms. The Morgan fingerprint density at radius 3 is 2.54 bits per heavy atom. The summed E-state index contributed by atoms with van der Waals surface area (Å²) in [6.45, 7) is 4.28. The standard InChI is InChI=1S/C19H17N7S2/c1-5-10-27-18-21-16(14-8-6-13(7-9-14)12(2)3)15(11-20)17(22-18)28-19-23-24-25-26(19)4/h1,6-9,12H,10H2,2-4H3. The maximum atomic E-state index is 9.83. The van der Waals surface area contributed by atoms with Gasteiger partial charge in [0.25, 0.3) is 0 Å². The van der Waals surface area contributed by atoms with Crippen LogP contribution in [0.4, 0.5) is 0 Å². The molecule has 140 valence electrons. The minimum atomic E-state index is 0.385. The maximum absolute atomic E-state index is 9.83. The molecule has 3 rings (SSSR count). The lowest BCUT2D eigenvalue weighted by Gasteiger charge is -2.11. The van der Waals surface area contributed by atoms with Gasteiger partial charge in [0.05, 0.1) is 11.4 Å². The van der Waals surface area contributed by atoms with E-state index in [2.05, 4.69) is 63.5 Å². The lowest BCUT2D eigenvalue weighted by atomic mass is 10.00. The molecule has 1 aromatic carbocycles. The largest absolute Gasteiger partial charge is 0.223 e. The van der Waals surface area contributed by atoms with Crippen molar-refractivity contribution in [2.24, 2.45) is 7.05 Å². The Balaban J connectivity index is 2.11. The van der Waals surface area contributed by atoms with E-state index in [1.165, 1.54) is 33.8 Å². The summed E-state index contributed by atoms with van der Waals surface area (Å²) in [5.41, 5.74) is 3.03. The fourth-order valence-corrected chi connectivity index (χ4v) is 3.77. The van der Waals surface area contributed by atoms with E-state index in [9.17, 15) is 5.26 Å². The SMILES string of the molecule is C#CCSc1nc(Sc2nnnn2C)c(C#N)c(-c2ccc(C(C)C)cc2)n1. The lowest BCUT2D eigenvalue weighted by molar-refractivity contribution is 0.664. The molecule has 2 aromatic heterocycles. The average Bonchev–Trinajstić information content (AvgIpc) is 3.10. The van der Waals surface area contributed by atoms with E-state index in [-0.39, 0.29) is 0 Å². The van der Waals surface area contributed by atoms with Crippen LogP contribution in [0.5, 0.6) is 0 Å². The van der Waals surface area contributed by atoms with Crippen LogP contribution in [0.25, 0.3) is 11.3 Å². The van der Waals surface area contributed by atoms with Gasteiger partial charge in [-0.15, -0.1) is 11.5 Å². The molecule has 2 heterocycles. The number of aryl methyl sites for hydroxylation is 1. The van der Waals surface area contributed by atoms with Crippen LogP contribution < -0.4 is 0 Å². The number of benzene rings is 1. The van der Waals surface area contributed by atoms with Crippen LogP contribution in [0.1, 0.15) is 30.9 Å². The Kier molecular flexibility index (Phi) is 6.30. The van der Waals surface area contributed by atoms with E-state index >= 15 is 0 Å². The van der Waals surface area contributed by atoms with Crippen molar-refractivity contribution in [2.75, 3.05) is 5.75 Å². The van der Waals surface area contributed by atoms with E-state index in [4.69, 9.17) is 6.42 Å². The van der Waals surface area contributed by atoms with E-state index < -0.39 is 0 Å². The molecule has 0 N–H and O–H groups in total. The van der Waals surface area contributed by atoms with Crippen molar-refractivity contribution in [2.45, 2.75) is 35.1 Å². The van der Waals surface area contributed by atoms with Gasteiger partial charge in [0, 0.05) is 12.6 Å². The van der Waals surface area contributed by atoms with Crippen LogP contribution in [0.2, 0.25) is 0 Å². The molecule has 0 saturated carbocycles. The highest BCUT2D eigenvalue weighted by Gasteiger charge is 2.19. The van der Waals surface area contributed by atoms with Gasteiger partial charge in [0.1, 0.15) is 16.7 Å². The Morgan fingerprint density at radius 1 is 1.21 bits per heavy atom. The van der Waals surface area contributed by atoms with Gasteiger partial charge in [-0.3, -0.25) is 0 Å². The number of hydrogen-bond acceptors (Lipinski definition) is 8. The Hall–Kier alpha value is -2.88. The molecule has 0 atom stereocenters. The van der Waals surface area contributed by atoms with Crippen molar-refractivity contribution < 1.29 is 0 Å². The summed E-state index contributed by atoms with van der Waals surface area (Å²) in [6.07, 6.45) is 5.38. The quantitative estimate of drug-likeness (QED) is 0.265. The second kappa shape index (κ2) is 8.87. The zero-order valence-electron chi connectivity index (χ0n) is 15.6. The fraction of sp³-hybridized carbons (Fsp3) is 0.263. The third kappa shape index (κ3) is 4.33. The summed E-state index contributed by atoms with van der Waals surface area (Å²) in [7, 11) is 1.73. The zero-order valence-corrected chi connectivity index (χ0v) is 17.3. The molecule has 0 saturated heterocycles. The lowest BCUT2D eigenvalue weighted by Crippen LogP contribution is -2.01. The molecule has 3 aromatic rings. The highest BCUT2D eigenvalue weighted by molar-refractivity contribution is 7.99. The minimum absolute atomic E-state index is 0.385. The summed E-state index contributed by atoms with van der Waals surface area (Å²) < 4.78 is 1.53. The fourth-order valence-electron chi connectivity index (χ4n) is 2.39. The van der Waals surface area contributed by atoms with Crippen LogP contribution >= 0.6 is 23.5 Å². The summed E-state index contributed by atoms with van der Waals surface area (Å²) in [6, 6.07) is 10.3. The van der Waals surface area contributed by atoms with Crippen molar-refractivity contribution in [3.8, 4) is 29.7 Å². The van der Waals surface area contributed by atoms with Gasteiger partial charge in [-0.1, -0.05) is 55.8 Å². The number of tetrazole rings is 1. The molecule has 0 fully saturated rings. The van der Waals surface area contributed by atoms with Gasteiger partial charge in [-0.2, -0.15) is 5.26 Å². The van der Waals surface area contributed by atoms with Crippen LogP contribution in [0.3, 0.4) is 0 Å². The first-order valence-electron chi connectivity index (χ1n) is 8.42. The van der Waals surface area contributed by atoms with Crippen LogP contribution in [-0.4, -0.2) is 35.9 Å². The molecule has 0 aliphatic rings. The second-order valence-corrected chi connectivity index (χ2v) is 8.00. The molecule has 0 unspecified atom stereocenters.